The van der Waals surface area contributed by atoms with Crippen LogP contribution in [-0.4, -0.2) is 5.11 Å². The molecule has 94 valence electrons. The normalized spacial score (nSPS) is 12.4. The number of rotatable bonds is 3. The molecule has 0 saturated heterocycles. The molecule has 1 N–H and O–H groups in total. The van der Waals surface area contributed by atoms with Gasteiger partial charge in [-0.2, -0.15) is 0 Å². The number of benzene rings is 2. The first-order valence-electron chi connectivity index (χ1n) is 5.44. The number of aliphatic hydroxyl groups is 1. The van der Waals surface area contributed by atoms with Crippen LogP contribution in [0.2, 0.25) is 5.02 Å². The third kappa shape index (κ3) is 3.06. The van der Waals surface area contributed by atoms with Crippen LogP contribution in [0.15, 0.2) is 42.5 Å². The molecule has 2 rings (SSSR count). The van der Waals surface area contributed by atoms with Gasteiger partial charge in [-0.25, -0.2) is 8.78 Å². The van der Waals surface area contributed by atoms with E-state index in [0.29, 0.717) is 16.1 Å². The zero-order valence-electron chi connectivity index (χ0n) is 9.41. The largest absolute Gasteiger partial charge is 0.388 e. The molecule has 0 aliphatic rings. The number of halogens is 3. The zero-order valence-corrected chi connectivity index (χ0v) is 10.2. The summed E-state index contributed by atoms with van der Waals surface area (Å²) in [5, 5.41) is 10.4. The summed E-state index contributed by atoms with van der Waals surface area (Å²) in [5.74, 6) is -1.31. The van der Waals surface area contributed by atoms with E-state index in [-0.39, 0.29) is 6.42 Å². The quantitative estimate of drug-likeness (QED) is 0.895. The molecule has 0 fully saturated rings. The van der Waals surface area contributed by atoms with Crippen molar-refractivity contribution in [2.45, 2.75) is 12.5 Å². The molecule has 4 heteroatoms. The van der Waals surface area contributed by atoms with Gasteiger partial charge in [0.25, 0.3) is 0 Å². The SMILES string of the molecule is OC(Cc1cc(F)cc(F)c1)c1ccccc1Cl. The van der Waals surface area contributed by atoms with Crippen molar-refractivity contribution < 1.29 is 13.9 Å². The Kier molecular flexibility index (Phi) is 3.94. The Morgan fingerprint density at radius 3 is 2.28 bits per heavy atom. The highest BCUT2D eigenvalue weighted by Crippen LogP contribution is 2.25. The molecule has 0 saturated carbocycles. The number of aliphatic hydroxyl groups excluding tert-OH is 1. The first kappa shape index (κ1) is 13.0. The molecule has 0 spiro atoms. The van der Waals surface area contributed by atoms with Crippen LogP contribution in [0, 0.1) is 11.6 Å². The molecule has 0 heterocycles. The van der Waals surface area contributed by atoms with Gasteiger partial charge >= 0.3 is 0 Å². The van der Waals surface area contributed by atoms with E-state index in [1.807, 2.05) is 0 Å². The zero-order chi connectivity index (χ0) is 13.1. The minimum absolute atomic E-state index is 0.110. The molecule has 0 aliphatic carbocycles. The predicted octanol–water partition coefficient (Wildman–Crippen LogP) is 3.89. The maximum absolute atomic E-state index is 13.0. The van der Waals surface area contributed by atoms with Crippen molar-refractivity contribution in [3.63, 3.8) is 0 Å². The predicted molar refractivity (Wildman–Crippen MR) is 66.5 cm³/mol. The average molecular weight is 269 g/mol. The smallest absolute Gasteiger partial charge is 0.126 e. The topological polar surface area (TPSA) is 20.2 Å². The van der Waals surface area contributed by atoms with Gasteiger partial charge in [-0.3, -0.25) is 0 Å². The van der Waals surface area contributed by atoms with Crippen molar-refractivity contribution >= 4 is 11.6 Å². The second-order valence-corrected chi connectivity index (χ2v) is 4.43. The Bertz CT molecular complexity index is 537. The van der Waals surface area contributed by atoms with Gasteiger partial charge in [-0.05, 0) is 29.3 Å². The van der Waals surface area contributed by atoms with E-state index < -0.39 is 17.7 Å². The van der Waals surface area contributed by atoms with Gasteiger partial charge < -0.3 is 5.11 Å². The lowest BCUT2D eigenvalue weighted by Crippen LogP contribution is -2.03. The van der Waals surface area contributed by atoms with Crippen LogP contribution in [-0.2, 0) is 6.42 Å². The van der Waals surface area contributed by atoms with E-state index >= 15 is 0 Å². The van der Waals surface area contributed by atoms with Gasteiger partial charge in [0.15, 0.2) is 0 Å². The van der Waals surface area contributed by atoms with Gasteiger partial charge in [-0.1, -0.05) is 29.8 Å². The molecular weight excluding hydrogens is 258 g/mol. The molecule has 0 aromatic heterocycles. The summed E-state index contributed by atoms with van der Waals surface area (Å²) in [6.45, 7) is 0. The van der Waals surface area contributed by atoms with Crippen molar-refractivity contribution in [3.8, 4) is 0 Å². The fraction of sp³-hybridized carbons (Fsp3) is 0.143. The van der Waals surface area contributed by atoms with E-state index in [1.54, 1.807) is 24.3 Å². The highest BCUT2D eigenvalue weighted by molar-refractivity contribution is 6.31. The molecule has 2 aromatic carbocycles. The van der Waals surface area contributed by atoms with E-state index in [4.69, 9.17) is 11.6 Å². The van der Waals surface area contributed by atoms with E-state index in [1.165, 1.54) is 12.1 Å². The molecule has 1 atom stereocenters. The van der Waals surface area contributed by atoms with Gasteiger partial charge in [0.2, 0.25) is 0 Å². The van der Waals surface area contributed by atoms with Gasteiger partial charge in [0, 0.05) is 17.5 Å². The maximum Gasteiger partial charge on any atom is 0.126 e. The summed E-state index contributed by atoms with van der Waals surface area (Å²) in [6.07, 6.45) is -0.779. The fourth-order valence-electron chi connectivity index (χ4n) is 1.81. The second kappa shape index (κ2) is 5.46. The molecule has 0 aliphatic heterocycles. The standard InChI is InChI=1S/C14H11ClF2O/c15-13-4-2-1-3-12(13)14(18)7-9-5-10(16)8-11(17)6-9/h1-6,8,14,18H,7H2. The Balaban J connectivity index is 2.21. The van der Waals surface area contributed by atoms with Gasteiger partial charge in [0.05, 0.1) is 6.10 Å². The van der Waals surface area contributed by atoms with Crippen LogP contribution in [0.25, 0.3) is 0 Å². The first-order valence-corrected chi connectivity index (χ1v) is 5.81. The van der Waals surface area contributed by atoms with Crippen LogP contribution < -0.4 is 0 Å². The summed E-state index contributed by atoms with van der Waals surface area (Å²) in [6, 6.07) is 10.0. The van der Waals surface area contributed by atoms with Crippen LogP contribution in [0.4, 0.5) is 8.78 Å². The molecule has 1 unspecified atom stereocenters. The third-order valence-electron chi connectivity index (χ3n) is 2.62. The maximum atomic E-state index is 13.0. The minimum Gasteiger partial charge on any atom is -0.388 e. The Morgan fingerprint density at radius 1 is 1.06 bits per heavy atom. The van der Waals surface area contributed by atoms with Crippen LogP contribution in [0.3, 0.4) is 0 Å². The summed E-state index contributed by atoms with van der Waals surface area (Å²) in [4.78, 5) is 0. The lowest BCUT2D eigenvalue weighted by molar-refractivity contribution is 0.178. The van der Waals surface area contributed by atoms with Gasteiger partial charge in [0.1, 0.15) is 11.6 Å². The van der Waals surface area contributed by atoms with Gasteiger partial charge in [-0.15, -0.1) is 0 Å². The van der Waals surface area contributed by atoms with Crippen LogP contribution >= 0.6 is 11.6 Å². The Morgan fingerprint density at radius 2 is 1.67 bits per heavy atom. The minimum atomic E-state index is -0.889. The van der Waals surface area contributed by atoms with E-state index in [2.05, 4.69) is 0 Å². The first-order chi connectivity index (χ1) is 8.56. The molecular formula is C14H11ClF2O. The van der Waals surface area contributed by atoms with E-state index in [0.717, 1.165) is 6.07 Å². The number of hydrogen-bond donors (Lipinski definition) is 1. The molecule has 0 bridgehead atoms. The van der Waals surface area contributed by atoms with Crippen molar-refractivity contribution in [1.29, 1.82) is 0 Å². The van der Waals surface area contributed by atoms with Crippen molar-refractivity contribution in [1.82, 2.24) is 0 Å². The second-order valence-electron chi connectivity index (χ2n) is 4.02. The summed E-state index contributed by atoms with van der Waals surface area (Å²) >= 11 is 5.94. The lowest BCUT2D eigenvalue weighted by Gasteiger charge is -2.12. The van der Waals surface area contributed by atoms with Crippen molar-refractivity contribution in [2.24, 2.45) is 0 Å². The average Bonchev–Trinajstić information content (AvgIpc) is 2.27. The Labute approximate surface area is 109 Å². The molecule has 2 aromatic rings. The molecule has 0 amide bonds. The highest BCUT2D eigenvalue weighted by atomic mass is 35.5. The fourth-order valence-corrected chi connectivity index (χ4v) is 2.07. The molecule has 0 radical (unpaired) electrons. The third-order valence-corrected chi connectivity index (χ3v) is 2.96. The lowest BCUT2D eigenvalue weighted by atomic mass is 10.0. The molecule has 18 heavy (non-hydrogen) atoms. The molecule has 1 nitrogen and oxygen atoms in total. The van der Waals surface area contributed by atoms with Crippen molar-refractivity contribution in [3.05, 3.63) is 70.2 Å². The van der Waals surface area contributed by atoms with E-state index in [9.17, 15) is 13.9 Å². The summed E-state index contributed by atoms with van der Waals surface area (Å²) in [5.41, 5.74) is 0.934. The summed E-state index contributed by atoms with van der Waals surface area (Å²) < 4.78 is 26.0. The Hall–Kier alpha value is -1.45. The number of hydrogen-bond acceptors (Lipinski definition) is 1. The highest BCUT2D eigenvalue weighted by Gasteiger charge is 2.12. The van der Waals surface area contributed by atoms with Crippen LogP contribution in [0.5, 0.6) is 0 Å². The van der Waals surface area contributed by atoms with Crippen LogP contribution in [0.1, 0.15) is 17.2 Å². The van der Waals surface area contributed by atoms with Crippen molar-refractivity contribution in [2.75, 3.05) is 0 Å². The summed E-state index contributed by atoms with van der Waals surface area (Å²) in [7, 11) is 0. The monoisotopic (exact) mass is 268 g/mol.